The Labute approximate surface area is 362 Å². The largest absolute Gasteiger partial charge is 0.309 e. The van der Waals surface area contributed by atoms with Gasteiger partial charge in [0.25, 0.3) is 0 Å². The monoisotopic (exact) mass is 804 g/mol. The molecule has 6 heteroatoms. The molecule has 0 aliphatic rings. The molecule has 13 rings (SSSR count). The lowest BCUT2D eigenvalue weighted by atomic mass is 10.0. The first-order valence-corrected chi connectivity index (χ1v) is 21.3. The molecular weight excluding hydrogens is 769 g/mol. The molecule has 294 valence electrons. The van der Waals surface area contributed by atoms with E-state index in [2.05, 4.69) is 208 Å². The quantitative estimate of drug-likeness (QED) is 0.168. The van der Waals surface area contributed by atoms with Crippen LogP contribution in [0.25, 0.3) is 117 Å². The van der Waals surface area contributed by atoms with E-state index in [-0.39, 0.29) is 0 Å². The number of rotatable bonds is 6. The number of para-hydroxylation sites is 4. The zero-order valence-corrected chi connectivity index (χ0v) is 34.0. The zero-order chi connectivity index (χ0) is 41.4. The van der Waals surface area contributed by atoms with Gasteiger partial charge in [-0.05, 0) is 65.7 Å². The summed E-state index contributed by atoms with van der Waals surface area (Å²) >= 11 is 0. The van der Waals surface area contributed by atoms with E-state index in [1.165, 1.54) is 16.3 Å². The molecule has 0 aliphatic heterocycles. The second kappa shape index (κ2) is 14.0. The van der Waals surface area contributed by atoms with Crippen LogP contribution in [0, 0.1) is 0 Å². The van der Waals surface area contributed by atoms with Crippen LogP contribution in [-0.2, 0) is 0 Å². The first-order chi connectivity index (χ1) is 31.3. The highest BCUT2D eigenvalue weighted by Crippen LogP contribution is 2.43. The Morgan fingerprint density at radius 3 is 1.51 bits per heavy atom. The Bertz CT molecular complexity index is 3900. The molecule has 0 saturated carbocycles. The molecule has 13 aromatic rings. The summed E-state index contributed by atoms with van der Waals surface area (Å²) in [5.41, 5.74) is 12.9. The average Bonchev–Trinajstić information content (AvgIpc) is 4.00. The van der Waals surface area contributed by atoms with Crippen molar-refractivity contribution >= 4 is 65.4 Å². The molecule has 0 N–H and O–H groups in total. The lowest BCUT2D eigenvalue weighted by Gasteiger charge is -2.12. The maximum absolute atomic E-state index is 5.38. The molecule has 4 aromatic heterocycles. The van der Waals surface area contributed by atoms with Crippen LogP contribution in [-0.4, -0.2) is 28.7 Å². The van der Waals surface area contributed by atoms with Gasteiger partial charge < -0.3 is 9.13 Å². The van der Waals surface area contributed by atoms with E-state index in [1.54, 1.807) is 0 Å². The minimum atomic E-state index is 0.563. The van der Waals surface area contributed by atoms with Crippen molar-refractivity contribution in [3.8, 4) is 51.2 Å². The van der Waals surface area contributed by atoms with Crippen molar-refractivity contribution in [3.05, 3.63) is 218 Å². The smallest absolute Gasteiger partial charge is 0.238 e. The summed E-state index contributed by atoms with van der Waals surface area (Å²) in [5, 5.41) is 7.01. The summed E-state index contributed by atoms with van der Waals surface area (Å²) in [6, 6.07) is 77.3. The number of benzene rings is 9. The third-order valence-corrected chi connectivity index (χ3v) is 12.5. The molecule has 0 aliphatic carbocycles. The van der Waals surface area contributed by atoms with Gasteiger partial charge in [0.2, 0.25) is 5.95 Å². The highest BCUT2D eigenvalue weighted by molar-refractivity contribution is 6.26. The molecule has 0 fully saturated rings. The number of hydrogen-bond acceptors (Lipinski definition) is 3. The third kappa shape index (κ3) is 5.48. The summed E-state index contributed by atoms with van der Waals surface area (Å²) in [5.74, 6) is 1.79. The molecule has 0 bridgehead atoms. The van der Waals surface area contributed by atoms with Crippen LogP contribution in [0.2, 0.25) is 0 Å². The lowest BCUT2D eigenvalue weighted by molar-refractivity contribution is 0.955. The van der Waals surface area contributed by atoms with Gasteiger partial charge in [-0.25, -0.2) is 4.98 Å². The second-order valence-electron chi connectivity index (χ2n) is 16.0. The molecule has 0 radical (unpaired) electrons. The van der Waals surface area contributed by atoms with Crippen LogP contribution < -0.4 is 0 Å². The molecule has 0 saturated heterocycles. The van der Waals surface area contributed by atoms with Gasteiger partial charge >= 0.3 is 0 Å². The number of fused-ring (bicyclic) bond motifs is 10. The summed E-state index contributed by atoms with van der Waals surface area (Å²) in [4.78, 5) is 15.9. The van der Waals surface area contributed by atoms with Gasteiger partial charge in [-0.1, -0.05) is 164 Å². The van der Waals surface area contributed by atoms with E-state index in [9.17, 15) is 0 Å². The first kappa shape index (κ1) is 35.2. The van der Waals surface area contributed by atoms with E-state index in [1.807, 2.05) is 24.3 Å². The molecule has 63 heavy (non-hydrogen) atoms. The van der Waals surface area contributed by atoms with Crippen LogP contribution in [0.15, 0.2) is 218 Å². The van der Waals surface area contributed by atoms with E-state index in [0.29, 0.717) is 17.6 Å². The van der Waals surface area contributed by atoms with Crippen molar-refractivity contribution in [1.29, 1.82) is 0 Å². The van der Waals surface area contributed by atoms with Crippen LogP contribution in [0.5, 0.6) is 0 Å². The predicted molar refractivity (Wildman–Crippen MR) is 259 cm³/mol. The summed E-state index contributed by atoms with van der Waals surface area (Å²) in [6.07, 6.45) is 0. The van der Waals surface area contributed by atoms with Gasteiger partial charge in [0.05, 0.1) is 33.1 Å². The molecular formula is C57H36N6. The maximum atomic E-state index is 5.38. The maximum Gasteiger partial charge on any atom is 0.238 e. The molecule has 0 amide bonds. The van der Waals surface area contributed by atoms with E-state index in [0.717, 1.165) is 82.8 Å². The standard InChI is InChI=1S/C57H36N6/c1-4-17-37(18-5-1)39-21-16-22-40(35-39)56-58-55(38-19-6-2-7-20-38)59-57(60-56)63-49-29-14-11-26-44(49)46-33-34-51-53(54(46)63)47-27-12-15-30-50(47)62(51)42-31-32-45-43-25-10-13-28-48(43)61(52(45)36-42)41-23-8-3-9-24-41/h1-36H. The Morgan fingerprint density at radius 2 is 0.778 bits per heavy atom. The topological polar surface area (TPSA) is 53.5 Å². The van der Waals surface area contributed by atoms with Gasteiger partial charge in [-0.2, -0.15) is 9.97 Å². The van der Waals surface area contributed by atoms with Crippen LogP contribution in [0.4, 0.5) is 0 Å². The number of aromatic nitrogens is 6. The first-order valence-electron chi connectivity index (χ1n) is 21.3. The summed E-state index contributed by atoms with van der Waals surface area (Å²) in [6.45, 7) is 0. The minimum absolute atomic E-state index is 0.563. The van der Waals surface area contributed by atoms with Crippen LogP contribution in [0.3, 0.4) is 0 Å². The Morgan fingerprint density at radius 1 is 0.270 bits per heavy atom. The fourth-order valence-corrected chi connectivity index (χ4v) is 9.73. The van der Waals surface area contributed by atoms with E-state index in [4.69, 9.17) is 15.0 Å². The molecule has 0 atom stereocenters. The van der Waals surface area contributed by atoms with Crippen LogP contribution >= 0.6 is 0 Å². The highest BCUT2D eigenvalue weighted by Gasteiger charge is 2.24. The predicted octanol–water partition coefficient (Wildman–Crippen LogP) is 14.2. The average molecular weight is 805 g/mol. The highest BCUT2D eigenvalue weighted by atomic mass is 15.2. The van der Waals surface area contributed by atoms with Gasteiger partial charge in [-0.15, -0.1) is 0 Å². The van der Waals surface area contributed by atoms with Gasteiger partial charge in [0.1, 0.15) is 0 Å². The molecule has 0 unspecified atom stereocenters. The lowest BCUT2D eigenvalue weighted by Crippen LogP contribution is -2.06. The zero-order valence-electron chi connectivity index (χ0n) is 34.0. The molecule has 0 spiro atoms. The fourth-order valence-electron chi connectivity index (χ4n) is 9.73. The summed E-state index contributed by atoms with van der Waals surface area (Å²) in [7, 11) is 0. The minimum Gasteiger partial charge on any atom is -0.309 e. The van der Waals surface area contributed by atoms with Crippen molar-refractivity contribution < 1.29 is 0 Å². The fraction of sp³-hybridized carbons (Fsp3) is 0. The molecule has 6 nitrogen and oxygen atoms in total. The Kier molecular flexibility index (Phi) is 7.80. The van der Waals surface area contributed by atoms with Crippen molar-refractivity contribution in [2.45, 2.75) is 0 Å². The van der Waals surface area contributed by atoms with Gasteiger partial charge in [0.15, 0.2) is 11.6 Å². The number of hydrogen-bond donors (Lipinski definition) is 0. The summed E-state index contributed by atoms with van der Waals surface area (Å²) < 4.78 is 7.07. The Balaban J connectivity index is 1.10. The van der Waals surface area contributed by atoms with Crippen LogP contribution in [0.1, 0.15) is 0 Å². The Hall–Kier alpha value is -8.61. The normalized spacial score (nSPS) is 11.8. The molecule has 9 aromatic carbocycles. The van der Waals surface area contributed by atoms with Gasteiger partial charge in [-0.3, -0.25) is 4.57 Å². The number of nitrogens with zero attached hydrogens (tertiary/aromatic N) is 6. The van der Waals surface area contributed by atoms with E-state index < -0.39 is 0 Å². The van der Waals surface area contributed by atoms with Crippen molar-refractivity contribution in [2.75, 3.05) is 0 Å². The van der Waals surface area contributed by atoms with Crippen molar-refractivity contribution in [2.24, 2.45) is 0 Å². The van der Waals surface area contributed by atoms with Crippen molar-refractivity contribution in [3.63, 3.8) is 0 Å². The molecule has 4 heterocycles. The van der Waals surface area contributed by atoms with Crippen molar-refractivity contribution in [1.82, 2.24) is 28.7 Å². The third-order valence-electron chi connectivity index (χ3n) is 12.5. The second-order valence-corrected chi connectivity index (χ2v) is 16.0. The van der Waals surface area contributed by atoms with Gasteiger partial charge in [0, 0.05) is 54.8 Å². The SMILES string of the molecule is c1ccc(-c2cccc(-c3nc(-c4ccccc4)nc(-n4c5ccccc5c5ccc6c(c7ccccc7n6-c6ccc7c8ccccc8n(-c8ccccc8)c7c6)c54)n3)c2)cc1. The van der Waals surface area contributed by atoms with E-state index >= 15 is 0 Å².